The number of rotatable bonds is 6. The molecule has 0 aliphatic carbocycles. The van der Waals surface area contributed by atoms with E-state index < -0.39 is 0 Å². The fraction of sp³-hybridized carbons (Fsp3) is 0.533. The number of hydrogen-bond donors (Lipinski definition) is 1. The number of benzene rings is 1. The number of fused-ring (bicyclic) bond motifs is 1. The predicted molar refractivity (Wildman–Crippen MR) is 73.3 cm³/mol. The monoisotopic (exact) mass is 263 g/mol. The summed E-state index contributed by atoms with van der Waals surface area (Å²) in [4.78, 5) is 11.3. The number of nitrogens with one attached hydrogen (secondary N) is 1. The van der Waals surface area contributed by atoms with Gasteiger partial charge in [-0.25, -0.2) is 0 Å². The lowest BCUT2D eigenvalue weighted by molar-refractivity contribution is -0.143. The van der Waals surface area contributed by atoms with Gasteiger partial charge in [-0.05, 0) is 25.5 Å². The molecular weight excluding hydrogens is 242 g/mol. The third-order valence-corrected chi connectivity index (χ3v) is 3.19. The molecule has 104 valence electrons. The second kappa shape index (κ2) is 6.57. The number of ether oxygens (including phenoxy) is 2. The Kier molecular flexibility index (Phi) is 4.80. The summed E-state index contributed by atoms with van der Waals surface area (Å²) in [6.45, 7) is 4.99. The number of carbonyl (C=O) groups is 1. The lowest BCUT2D eigenvalue weighted by Crippen LogP contribution is -2.37. The summed E-state index contributed by atoms with van der Waals surface area (Å²) < 4.78 is 10.8. The summed E-state index contributed by atoms with van der Waals surface area (Å²) in [7, 11) is 0. The van der Waals surface area contributed by atoms with Gasteiger partial charge in [0.15, 0.2) is 0 Å². The average molecular weight is 263 g/mol. The van der Waals surface area contributed by atoms with E-state index in [0.29, 0.717) is 13.0 Å². The number of hydrogen-bond acceptors (Lipinski definition) is 4. The van der Waals surface area contributed by atoms with Gasteiger partial charge < -0.3 is 14.8 Å². The van der Waals surface area contributed by atoms with Gasteiger partial charge in [-0.3, -0.25) is 4.79 Å². The van der Waals surface area contributed by atoms with E-state index >= 15 is 0 Å². The summed E-state index contributed by atoms with van der Waals surface area (Å²) in [5, 5.41) is 3.32. The maximum Gasteiger partial charge on any atom is 0.307 e. The standard InChI is InChI=1S/C15H21NO3/c1-3-18-15(17)8-11(2)16-10-13-9-12-6-4-5-7-14(12)19-13/h4-7,11,13,16H,3,8-10H2,1-2H3. The van der Waals surface area contributed by atoms with E-state index in [1.165, 1.54) is 5.56 Å². The summed E-state index contributed by atoms with van der Waals surface area (Å²) >= 11 is 0. The average Bonchev–Trinajstić information content (AvgIpc) is 2.79. The zero-order valence-corrected chi connectivity index (χ0v) is 11.5. The van der Waals surface area contributed by atoms with Crippen molar-refractivity contribution in [2.45, 2.75) is 38.8 Å². The molecule has 0 saturated heterocycles. The highest BCUT2D eigenvalue weighted by atomic mass is 16.5. The molecular formula is C15H21NO3. The van der Waals surface area contributed by atoms with E-state index in [1.807, 2.05) is 32.0 Å². The van der Waals surface area contributed by atoms with Gasteiger partial charge in [0.25, 0.3) is 0 Å². The molecule has 0 radical (unpaired) electrons. The van der Waals surface area contributed by atoms with Gasteiger partial charge in [0.1, 0.15) is 11.9 Å². The maximum atomic E-state index is 11.3. The molecule has 1 aliphatic rings. The summed E-state index contributed by atoms with van der Waals surface area (Å²) in [5.74, 6) is 0.825. The molecule has 0 spiro atoms. The highest BCUT2D eigenvalue weighted by molar-refractivity contribution is 5.70. The van der Waals surface area contributed by atoms with Gasteiger partial charge in [-0.2, -0.15) is 0 Å². The minimum absolute atomic E-state index is 0.103. The van der Waals surface area contributed by atoms with Crippen molar-refractivity contribution in [2.24, 2.45) is 0 Å². The fourth-order valence-corrected chi connectivity index (χ4v) is 2.24. The Morgan fingerprint density at radius 2 is 2.32 bits per heavy atom. The molecule has 4 nitrogen and oxygen atoms in total. The number of esters is 1. The van der Waals surface area contributed by atoms with E-state index in [4.69, 9.17) is 9.47 Å². The van der Waals surface area contributed by atoms with Crippen LogP contribution in [0.2, 0.25) is 0 Å². The van der Waals surface area contributed by atoms with Crippen molar-refractivity contribution in [1.29, 1.82) is 0 Å². The van der Waals surface area contributed by atoms with E-state index in [2.05, 4.69) is 11.4 Å². The Labute approximate surface area is 114 Å². The Morgan fingerprint density at radius 1 is 1.53 bits per heavy atom. The van der Waals surface area contributed by atoms with Crippen molar-refractivity contribution in [3.05, 3.63) is 29.8 Å². The van der Waals surface area contributed by atoms with Gasteiger partial charge in [-0.15, -0.1) is 0 Å². The van der Waals surface area contributed by atoms with Crippen LogP contribution in [0.4, 0.5) is 0 Å². The Bertz CT molecular complexity index is 408. The Balaban J connectivity index is 1.71. The van der Waals surface area contributed by atoms with Crippen LogP contribution in [0.25, 0.3) is 0 Å². The van der Waals surface area contributed by atoms with Crippen LogP contribution < -0.4 is 10.1 Å². The van der Waals surface area contributed by atoms with Crippen molar-refractivity contribution in [2.75, 3.05) is 13.2 Å². The quantitative estimate of drug-likeness (QED) is 0.797. The van der Waals surface area contributed by atoms with Crippen LogP contribution in [-0.4, -0.2) is 31.3 Å². The molecule has 4 heteroatoms. The third kappa shape index (κ3) is 3.96. The summed E-state index contributed by atoms with van der Waals surface area (Å²) in [5.41, 5.74) is 1.26. The van der Waals surface area contributed by atoms with Crippen molar-refractivity contribution in [3.63, 3.8) is 0 Å². The normalized spacial score (nSPS) is 18.5. The zero-order valence-electron chi connectivity index (χ0n) is 11.5. The second-order valence-corrected chi connectivity index (χ2v) is 4.87. The van der Waals surface area contributed by atoms with E-state index in [-0.39, 0.29) is 18.1 Å². The minimum atomic E-state index is -0.155. The van der Waals surface area contributed by atoms with Crippen LogP contribution in [-0.2, 0) is 16.0 Å². The molecule has 0 fully saturated rings. The fourth-order valence-electron chi connectivity index (χ4n) is 2.24. The van der Waals surface area contributed by atoms with Crippen molar-refractivity contribution in [3.8, 4) is 5.75 Å². The van der Waals surface area contributed by atoms with Crippen LogP contribution in [0.5, 0.6) is 5.75 Å². The lowest BCUT2D eigenvalue weighted by Gasteiger charge is -2.16. The summed E-state index contributed by atoms with van der Waals surface area (Å²) in [6.07, 6.45) is 1.48. The van der Waals surface area contributed by atoms with Gasteiger partial charge >= 0.3 is 5.97 Å². The zero-order chi connectivity index (χ0) is 13.7. The van der Waals surface area contributed by atoms with Gasteiger partial charge in [0, 0.05) is 19.0 Å². The SMILES string of the molecule is CCOC(=O)CC(C)NCC1Cc2ccccc2O1. The molecule has 0 amide bonds. The molecule has 1 aliphatic heterocycles. The molecule has 0 aromatic heterocycles. The molecule has 2 atom stereocenters. The molecule has 1 aromatic rings. The van der Waals surface area contributed by atoms with Crippen molar-refractivity contribution < 1.29 is 14.3 Å². The highest BCUT2D eigenvalue weighted by Gasteiger charge is 2.22. The molecule has 2 rings (SSSR count). The topological polar surface area (TPSA) is 47.6 Å². The van der Waals surface area contributed by atoms with Crippen LogP contribution >= 0.6 is 0 Å². The molecule has 0 saturated carbocycles. The first-order valence-electron chi connectivity index (χ1n) is 6.82. The number of para-hydroxylation sites is 1. The van der Waals surface area contributed by atoms with E-state index in [0.717, 1.165) is 18.7 Å². The van der Waals surface area contributed by atoms with Crippen LogP contribution in [0, 0.1) is 0 Å². The first-order valence-corrected chi connectivity index (χ1v) is 6.82. The van der Waals surface area contributed by atoms with Crippen LogP contribution in [0.1, 0.15) is 25.8 Å². The van der Waals surface area contributed by atoms with E-state index in [9.17, 15) is 4.79 Å². The molecule has 1 aromatic carbocycles. The van der Waals surface area contributed by atoms with E-state index in [1.54, 1.807) is 0 Å². The maximum absolute atomic E-state index is 11.3. The first-order chi connectivity index (χ1) is 9.19. The smallest absolute Gasteiger partial charge is 0.307 e. The molecule has 1 heterocycles. The molecule has 19 heavy (non-hydrogen) atoms. The van der Waals surface area contributed by atoms with Gasteiger partial charge in [-0.1, -0.05) is 18.2 Å². The van der Waals surface area contributed by atoms with Gasteiger partial charge in [0.2, 0.25) is 0 Å². The Morgan fingerprint density at radius 3 is 3.05 bits per heavy atom. The minimum Gasteiger partial charge on any atom is -0.488 e. The first kappa shape index (κ1) is 13.9. The van der Waals surface area contributed by atoms with Crippen LogP contribution in [0.15, 0.2) is 24.3 Å². The van der Waals surface area contributed by atoms with Gasteiger partial charge in [0.05, 0.1) is 13.0 Å². The third-order valence-electron chi connectivity index (χ3n) is 3.19. The molecule has 1 N–H and O–H groups in total. The van der Waals surface area contributed by atoms with Crippen molar-refractivity contribution >= 4 is 5.97 Å². The predicted octanol–water partition coefficient (Wildman–Crippen LogP) is 1.92. The Hall–Kier alpha value is -1.55. The molecule has 2 unspecified atom stereocenters. The molecule has 0 bridgehead atoms. The highest BCUT2D eigenvalue weighted by Crippen LogP contribution is 2.27. The number of carbonyl (C=O) groups excluding carboxylic acids is 1. The van der Waals surface area contributed by atoms with Crippen LogP contribution in [0.3, 0.4) is 0 Å². The largest absolute Gasteiger partial charge is 0.488 e. The van der Waals surface area contributed by atoms with Crippen molar-refractivity contribution in [1.82, 2.24) is 5.32 Å². The second-order valence-electron chi connectivity index (χ2n) is 4.87. The summed E-state index contributed by atoms with van der Waals surface area (Å²) in [6, 6.07) is 8.21. The lowest BCUT2D eigenvalue weighted by atomic mass is 10.1.